The first kappa shape index (κ1) is 12.9. The Hall–Kier alpha value is -1.55. The minimum Gasteiger partial charge on any atom is -0.394 e. The summed E-state index contributed by atoms with van der Waals surface area (Å²) in [5, 5.41) is 9.48. The van der Waals surface area contributed by atoms with E-state index in [2.05, 4.69) is 41.9 Å². The number of aliphatic hydroxyl groups is 1. The van der Waals surface area contributed by atoms with Gasteiger partial charge < -0.3 is 14.6 Å². The topological polar surface area (TPSA) is 41.3 Å². The second-order valence-electron chi connectivity index (χ2n) is 5.13. The minimum absolute atomic E-state index is 0.131. The van der Waals surface area contributed by atoms with Gasteiger partial charge >= 0.3 is 0 Å². The zero-order chi connectivity index (χ0) is 13.3. The van der Waals surface area contributed by atoms with Crippen molar-refractivity contribution in [3.8, 4) is 0 Å². The molecule has 0 saturated heterocycles. The van der Waals surface area contributed by atoms with Crippen LogP contribution in [-0.4, -0.2) is 34.4 Å². The lowest BCUT2D eigenvalue weighted by molar-refractivity contribution is 0.234. The molecule has 0 radical (unpaired) electrons. The Morgan fingerprint density at radius 1 is 1.39 bits per heavy atom. The highest BCUT2D eigenvalue weighted by atomic mass is 16.3. The van der Waals surface area contributed by atoms with E-state index in [0.717, 1.165) is 16.7 Å². The molecule has 0 amide bonds. The summed E-state index contributed by atoms with van der Waals surface area (Å²) in [5.41, 5.74) is 3.20. The first-order valence-corrected chi connectivity index (χ1v) is 6.29. The predicted octanol–water partition coefficient (Wildman–Crippen LogP) is 2.03. The average molecular weight is 247 g/mol. The molecule has 1 heterocycles. The van der Waals surface area contributed by atoms with Gasteiger partial charge in [-0.1, -0.05) is 13.8 Å². The van der Waals surface area contributed by atoms with Gasteiger partial charge in [-0.3, -0.25) is 0 Å². The average Bonchev–Trinajstić information content (AvgIpc) is 2.71. The molecule has 0 aliphatic rings. The largest absolute Gasteiger partial charge is 0.394 e. The van der Waals surface area contributed by atoms with Crippen molar-refractivity contribution in [2.75, 3.05) is 18.6 Å². The molecule has 2 aromatic rings. The lowest BCUT2D eigenvalue weighted by atomic mass is 10.0. The molecule has 1 unspecified atom stereocenters. The number of rotatable bonds is 4. The van der Waals surface area contributed by atoms with Crippen molar-refractivity contribution in [1.29, 1.82) is 0 Å². The Morgan fingerprint density at radius 3 is 2.72 bits per heavy atom. The maximum Gasteiger partial charge on any atom is 0.0955 e. The van der Waals surface area contributed by atoms with Crippen LogP contribution in [0.1, 0.15) is 13.8 Å². The van der Waals surface area contributed by atoms with E-state index in [9.17, 15) is 5.11 Å². The molecule has 4 heteroatoms. The molecule has 1 aromatic heterocycles. The Labute approximate surface area is 108 Å². The van der Waals surface area contributed by atoms with E-state index in [4.69, 9.17) is 0 Å². The number of benzene rings is 1. The molecule has 0 spiro atoms. The van der Waals surface area contributed by atoms with E-state index in [1.165, 1.54) is 0 Å². The molecular weight excluding hydrogens is 226 g/mol. The molecule has 1 aromatic carbocycles. The molecule has 0 bridgehead atoms. The van der Waals surface area contributed by atoms with E-state index in [-0.39, 0.29) is 12.6 Å². The van der Waals surface area contributed by atoms with Gasteiger partial charge in [0, 0.05) is 19.8 Å². The van der Waals surface area contributed by atoms with Crippen LogP contribution < -0.4 is 4.90 Å². The first-order valence-electron chi connectivity index (χ1n) is 6.29. The van der Waals surface area contributed by atoms with E-state index in [1.807, 2.05) is 25.0 Å². The summed E-state index contributed by atoms with van der Waals surface area (Å²) >= 11 is 0. The molecule has 2 rings (SSSR count). The molecule has 0 fully saturated rings. The van der Waals surface area contributed by atoms with Crippen LogP contribution in [0.4, 0.5) is 5.69 Å². The molecule has 18 heavy (non-hydrogen) atoms. The molecule has 4 nitrogen and oxygen atoms in total. The summed E-state index contributed by atoms with van der Waals surface area (Å²) in [5.74, 6) is 0.402. The molecule has 1 atom stereocenters. The van der Waals surface area contributed by atoms with E-state index < -0.39 is 0 Å². The number of hydrogen-bond donors (Lipinski definition) is 1. The number of nitrogens with zero attached hydrogens (tertiary/aromatic N) is 3. The van der Waals surface area contributed by atoms with Gasteiger partial charge in [0.15, 0.2) is 0 Å². The van der Waals surface area contributed by atoms with Crippen LogP contribution in [-0.2, 0) is 7.05 Å². The molecule has 0 saturated carbocycles. The van der Waals surface area contributed by atoms with Crippen molar-refractivity contribution < 1.29 is 5.11 Å². The molecule has 0 aliphatic heterocycles. The Bertz CT molecular complexity index is 533. The van der Waals surface area contributed by atoms with Gasteiger partial charge in [0.05, 0.1) is 30.0 Å². The van der Waals surface area contributed by atoms with Crippen molar-refractivity contribution in [1.82, 2.24) is 9.55 Å². The van der Waals surface area contributed by atoms with Crippen LogP contribution in [0.2, 0.25) is 0 Å². The highest BCUT2D eigenvalue weighted by molar-refractivity contribution is 5.79. The van der Waals surface area contributed by atoms with E-state index in [0.29, 0.717) is 5.92 Å². The zero-order valence-corrected chi connectivity index (χ0v) is 11.5. The maximum absolute atomic E-state index is 9.48. The number of fused-ring (bicyclic) bond motifs is 1. The van der Waals surface area contributed by atoms with Crippen LogP contribution in [0.25, 0.3) is 11.0 Å². The lowest BCUT2D eigenvalue weighted by Gasteiger charge is -2.31. The van der Waals surface area contributed by atoms with Gasteiger partial charge in [-0.15, -0.1) is 0 Å². The third-order valence-corrected chi connectivity index (χ3v) is 3.57. The predicted molar refractivity (Wildman–Crippen MR) is 74.8 cm³/mol. The number of likely N-dealkylation sites (N-methyl/N-ethyl adjacent to an activating group) is 1. The van der Waals surface area contributed by atoms with Crippen LogP contribution in [0.5, 0.6) is 0 Å². The van der Waals surface area contributed by atoms with Crippen LogP contribution in [0, 0.1) is 5.92 Å². The third kappa shape index (κ3) is 2.20. The quantitative estimate of drug-likeness (QED) is 0.898. The number of aliphatic hydroxyl groups excluding tert-OH is 1. The van der Waals surface area contributed by atoms with Crippen LogP contribution in [0.15, 0.2) is 24.5 Å². The van der Waals surface area contributed by atoms with Crippen molar-refractivity contribution in [2.24, 2.45) is 13.0 Å². The summed E-state index contributed by atoms with van der Waals surface area (Å²) in [6.45, 7) is 4.40. The molecule has 1 N–H and O–H groups in total. The zero-order valence-electron chi connectivity index (χ0n) is 11.5. The summed E-state index contributed by atoms with van der Waals surface area (Å²) < 4.78 is 2.01. The number of aryl methyl sites for hydroxylation is 1. The molecule has 0 aliphatic carbocycles. The summed E-state index contributed by atoms with van der Waals surface area (Å²) in [7, 11) is 4.01. The SMILES string of the molecule is CC(C)C(CO)N(C)c1ccc2c(c1)ncn2C. The highest BCUT2D eigenvalue weighted by Crippen LogP contribution is 2.23. The van der Waals surface area contributed by atoms with E-state index >= 15 is 0 Å². The fraction of sp³-hybridized carbons (Fsp3) is 0.500. The van der Waals surface area contributed by atoms with Crippen molar-refractivity contribution in [2.45, 2.75) is 19.9 Å². The van der Waals surface area contributed by atoms with Crippen molar-refractivity contribution in [3.05, 3.63) is 24.5 Å². The number of hydrogen-bond acceptors (Lipinski definition) is 3. The second kappa shape index (κ2) is 4.98. The maximum atomic E-state index is 9.48. The van der Waals surface area contributed by atoms with Gasteiger partial charge in [-0.25, -0.2) is 4.98 Å². The highest BCUT2D eigenvalue weighted by Gasteiger charge is 2.18. The van der Waals surface area contributed by atoms with Gasteiger partial charge in [-0.2, -0.15) is 0 Å². The Balaban J connectivity index is 2.35. The Morgan fingerprint density at radius 2 is 2.11 bits per heavy atom. The monoisotopic (exact) mass is 247 g/mol. The van der Waals surface area contributed by atoms with Crippen LogP contribution >= 0.6 is 0 Å². The Kier molecular flexibility index (Phi) is 3.57. The number of imidazole rings is 1. The first-order chi connectivity index (χ1) is 8.54. The minimum atomic E-state index is 0.131. The van der Waals surface area contributed by atoms with Gasteiger partial charge in [0.25, 0.3) is 0 Å². The third-order valence-electron chi connectivity index (χ3n) is 3.57. The van der Waals surface area contributed by atoms with E-state index in [1.54, 1.807) is 0 Å². The lowest BCUT2D eigenvalue weighted by Crippen LogP contribution is -2.38. The summed E-state index contributed by atoms with van der Waals surface area (Å²) in [6, 6.07) is 6.35. The van der Waals surface area contributed by atoms with Gasteiger partial charge in [-0.05, 0) is 24.1 Å². The second-order valence-corrected chi connectivity index (χ2v) is 5.13. The van der Waals surface area contributed by atoms with Gasteiger partial charge in [0.1, 0.15) is 0 Å². The van der Waals surface area contributed by atoms with Crippen molar-refractivity contribution >= 4 is 16.7 Å². The summed E-state index contributed by atoms with van der Waals surface area (Å²) in [6.07, 6.45) is 1.82. The molecular formula is C14H21N3O. The van der Waals surface area contributed by atoms with Gasteiger partial charge in [0.2, 0.25) is 0 Å². The normalized spacial score (nSPS) is 13.2. The van der Waals surface area contributed by atoms with Crippen molar-refractivity contribution in [3.63, 3.8) is 0 Å². The summed E-state index contributed by atoms with van der Waals surface area (Å²) in [4.78, 5) is 6.49. The fourth-order valence-corrected chi connectivity index (χ4v) is 2.32. The standard InChI is InChI=1S/C14H21N3O/c1-10(2)14(8-18)17(4)11-5-6-13-12(7-11)15-9-16(13)3/h5-7,9-10,14,18H,8H2,1-4H3. The smallest absolute Gasteiger partial charge is 0.0955 e. The number of aromatic nitrogens is 2. The van der Waals surface area contributed by atoms with Crippen LogP contribution in [0.3, 0.4) is 0 Å². The fourth-order valence-electron chi connectivity index (χ4n) is 2.32. The number of anilines is 1. The molecule has 98 valence electrons.